The minimum absolute atomic E-state index is 0.381. The number of para-hydroxylation sites is 1. The number of sulfone groups is 1. The van der Waals surface area contributed by atoms with E-state index in [1.165, 1.54) is 6.26 Å². The highest BCUT2D eigenvalue weighted by atomic mass is 32.2. The van der Waals surface area contributed by atoms with Crippen LogP contribution in [0.5, 0.6) is 0 Å². The van der Waals surface area contributed by atoms with E-state index in [9.17, 15) is 8.42 Å². The third-order valence-electron chi connectivity index (χ3n) is 3.49. The van der Waals surface area contributed by atoms with Gasteiger partial charge >= 0.3 is 0 Å². The SMILES string of the molecule is Cc1nccn1CCCN(C)c1ccccc1S(C)(=O)=O. The smallest absolute Gasteiger partial charge is 0.177 e. The number of benzene rings is 1. The van der Waals surface area contributed by atoms with Crippen molar-refractivity contribution in [3.63, 3.8) is 0 Å². The molecule has 1 heterocycles. The molecule has 0 aliphatic heterocycles. The third-order valence-corrected chi connectivity index (χ3v) is 4.64. The van der Waals surface area contributed by atoms with Gasteiger partial charge in [0.2, 0.25) is 0 Å². The standard InChI is InChI=1S/C15H21N3O2S/c1-13-16-9-12-18(13)11-6-10-17(2)14-7-4-5-8-15(14)21(3,19)20/h4-5,7-9,12H,6,10-11H2,1-3H3. The molecule has 0 atom stereocenters. The molecule has 0 saturated heterocycles. The van der Waals surface area contributed by atoms with Gasteiger partial charge in [0.1, 0.15) is 5.82 Å². The molecule has 21 heavy (non-hydrogen) atoms. The molecule has 0 saturated carbocycles. The number of aromatic nitrogens is 2. The molecule has 0 aliphatic rings. The first-order valence-electron chi connectivity index (χ1n) is 6.87. The zero-order valence-corrected chi connectivity index (χ0v) is 13.5. The summed E-state index contributed by atoms with van der Waals surface area (Å²) in [7, 11) is -1.29. The van der Waals surface area contributed by atoms with Crippen LogP contribution in [-0.2, 0) is 16.4 Å². The van der Waals surface area contributed by atoms with E-state index in [-0.39, 0.29) is 0 Å². The normalized spacial score (nSPS) is 11.6. The summed E-state index contributed by atoms with van der Waals surface area (Å²) in [4.78, 5) is 6.56. The number of imidazole rings is 1. The lowest BCUT2D eigenvalue weighted by Crippen LogP contribution is -2.22. The van der Waals surface area contributed by atoms with Crippen molar-refractivity contribution in [2.75, 3.05) is 24.7 Å². The molecule has 114 valence electrons. The number of rotatable bonds is 6. The summed E-state index contributed by atoms with van der Waals surface area (Å²) in [5.74, 6) is 0.995. The van der Waals surface area contributed by atoms with Gasteiger partial charge in [0.05, 0.1) is 10.6 Å². The van der Waals surface area contributed by atoms with Crippen molar-refractivity contribution in [3.8, 4) is 0 Å². The van der Waals surface area contributed by atoms with E-state index >= 15 is 0 Å². The molecule has 0 fully saturated rings. The van der Waals surface area contributed by atoms with Crippen LogP contribution in [0.25, 0.3) is 0 Å². The summed E-state index contributed by atoms with van der Waals surface area (Å²) in [6, 6.07) is 7.11. The largest absolute Gasteiger partial charge is 0.373 e. The fourth-order valence-corrected chi connectivity index (χ4v) is 3.25. The molecule has 2 aromatic rings. The zero-order chi connectivity index (χ0) is 15.5. The van der Waals surface area contributed by atoms with Gasteiger partial charge in [0.25, 0.3) is 0 Å². The van der Waals surface area contributed by atoms with Crippen molar-refractivity contribution in [1.29, 1.82) is 0 Å². The predicted molar refractivity (Wildman–Crippen MR) is 84.4 cm³/mol. The molecule has 0 unspecified atom stereocenters. The summed E-state index contributed by atoms with van der Waals surface area (Å²) in [5.41, 5.74) is 0.752. The lowest BCUT2D eigenvalue weighted by Gasteiger charge is -2.22. The topological polar surface area (TPSA) is 55.2 Å². The number of nitrogens with zero attached hydrogens (tertiary/aromatic N) is 3. The zero-order valence-electron chi connectivity index (χ0n) is 12.7. The summed E-state index contributed by atoms with van der Waals surface area (Å²) in [6.07, 6.45) is 5.91. The van der Waals surface area contributed by atoms with Crippen LogP contribution in [0.4, 0.5) is 5.69 Å². The van der Waals surface area contributed by atoms with Crippen LogP contribution in [0.1, 0.15) is 12.2 Å². The Morgan fingerprint density at radius 1 is 1.29 bits per heavy atom. The average Bonchev–Trinajstić information content (AvgIpc) is 2.83. The highest BCUT2D eigenvalue weighted by Gasteiger charge is 2.15. The molecule has 2 rings (SSSR count). The lowest BCUT2D eigenvalue weighted by atomic mass is 10.3. The maximum Gasteiger partial charge on any atom is 0.177 e. The van der Waals surface area contributed by atoms with Crippen LogP contribution in [0, 0.1) is 6.92 Å². The first-order valence-corrected chi connectivity index (χ1v) is 8.76. The first kappa shape index (κ1) is 15.6. The monoisotopic (exact) mass is 307 g/mol. The fourth-order valence-electron chi connectivity index (χ4n) is 2.32. The number of anilines is 1. The Kier molecular flexibility index (Phi) is 4.67. The van der Waals surface area contributed by atoms with Crippen LogP contribution >= 0.6 is 0 Å². The average molecular weight is 307 g/mol. The summed E-state index contributed by atoms with van der Waals surface area (Å²) >= 11 is 0. The van der Waals surface area contributed by atoms with Gasteiger partial charge in [-0.1, -0.05) is 12.1 Å². The van der Waals surface area contributed by atoms with Gasteiger partial charge in [0, 0.05) is 38.8 Å². The van der Waals surface area contributed by atoms with Crippen molar-refractivity contribution >= 4 is 15.5 Å². The van der Waals surface area contributed by atoms with Gasteiger partial charge in [-0.25, -0.2) is 13.4 Å². The highest BCUT2D eigenvalue weighted by Crippen LogP contribution is 2.24. The molecule has 1 aromatic heterocycles. The van der Waals surface area contributed by atoms with Gasteiger partial charge in [-0.3, -0.25) is 0 Å². The molecular formula is C15H21N3O2S. The van der Waals surface area contributed by atoms with Gasteiger partial charge in [-0.2, -0.15) is 0 Å². The van der Waals surface area contributed by atoms with Crippen LogP contribution < -0.4 is 4.90 Å². The van der Waals surface area contributed by atoms with Crippen molar-refractivity contribution < 1.29 is 8.42 Å². The maximum atomic E-state index is 11.8. The molecule has 0 aliphatic carbocycles. The van der Waals surface area contributed by atoms with E-state index in [2.05, 4.69) is 9.55 Å². The summed E-state index contributed by atoms with van der Waals surface area (Å²) < 4.78 is 25.7. The summed E-state index contributed by atoms with van der Waals surface area (Å²) in [6.45, 7) is 3.63. The molecule has 6 heteroatoms. The van der Waals surface area contributed by atoms with Crippen LogP contribution in [0.15, 0.2) is 41.6 Å². The van der Waals surface area contributed by atoms with E-state index in [4.69, 9.17) is 0 Å². The van der Waals surface area contributed by atoms with Gasteiger partial charge in [-0.15, -0.1) is 0 Å². The second-order valence-corrected chi connectivity index (χ2v) is 7.17. The molecule has 0 spiro atoms. The minimum atomic E-state index is -3.21. The summed E-state index contributed by atoms with van der Waals surface area (Å²) in [5, 5.41) is 0. The lowest BCUT2D eigenvalue weighted by molar-refractivity contribution is 0.600. The van der Waals surface area contributed by atoms with Crippen LogP contribution in [0.2, 0.25) is 0 Å². The Hall–Kier alpha value is -1.82. The fraction of sp³-hybridized carbons (Fsp3) is 0.400. The van der Waals surface area contributed by atoms with Gasteiger partial charge in [0.15, 0.2) is 9.84 Å². The van der Waals surface area contributed by atoms with Crippen molar-refractivity contribution in [2.45, 2.75) is 24.8 Å². The van der Waals surface area contributed by atoms with E-state index in [1.807, 2.05) is 37.2 Å². The van der Waals surface area contributed by atoms with Crippen LogP contribution in [-0.4, -0.2) is 37.8 Å². The van der Waals surface area contributed by atoms with Crippen LogP contribution in [0.3, 0.4) is 0 Å². The number of hydrogen-bond acceptors (Lipinski definition) is 4. The molecule has 0 amide bonds. The molecule has 1 aromatic carbocycles. The van der Waals surface area contributed by atoms with E-state index in [0.29, 0.717) is 4.90 Å². The maximum absolute atomic E-state index is 11.8. The number of hydrogen-bond donors (Lipinski definition) is 0. The molecular weight excluding hydrogens is 286 g/mol. The van der Waals surface area contributed by atoms with Crippen molar-refractivity contribution in [2.24, 2.45) is 0 Å². The third kappa shape index (κ3) is 3.85. The minimum Gasteiger partial charge on any atom is -0.373 e. The Bertz CT molecular complexity index is 707. The quantitative estimate of drug-likeness (QED) is 0.820. The second-order valence-electron chi connectivity index (χ2n) is 5.18. The second kappa shape index (κ2) is 6.30. The van der Waals surface area contributed by atoms with Crippen molar-refractivity contribution in [1.82, 2.24) is 9.55 Å². The Morgan fingerprint density at radius 2 is 2.00 bits per heavy atom. The Labute approximate surface area is 126 Å². The van der Waals surface area contributed by atoms with Gasteiger partial charge < -0.3 is 9.47 Å². The van der Waals surface area contributed by atoms with E-state index in [0.717, 1.165) is 31.0 Å². The molecule has 0 bridgehead atoms. The molecule has 5 nitrogen and oxygen atoms in total. The molecule has 0 N–H and O–H groups in total. The first-order chi connectivity index (χ1) is 9.89. The number of aryl methyl sites for hydroxylation is 2. The highest BCUT2D eigenvalue weighted by molar-refractivity contribution is 7.90. The Morgan fingerprint density at radius 3 is 2.62 bits per heavy atom. The molecule has 0 radical (unpaired) electrons. The van der Waals surface area contributed by atoms with E-state index < -0.39 is 9.84 Å². The van der Waals surface area contributed by atoms with Gasteiger partial charge in [-0.05, 0) is 25.5 Å². The van der Waals surface area contributed by atoms with E-state index in [1.54, 1.807) is 18.3 Å². The van der Waals surface area contributed by atoms with Crippen molar-refractivity contribution in [3.05, 3.63) is 42.5 Å². The predicted octanol–water partition coefficient (Wildman–Crippen LogP) is 2.12. The Balaban J connectivity index is 2.04.